The number of aliphatic hydroxyl groups is 1. The Balaban J connectivity index is 3.21. The summed E-state index contributed by atoms with van der Waals surface area (Å²) in [5.74, 6) is 0. The van der Waals surface area contributed by atoms with Gasteiger partial charge in [0, 0.05) is 0 Å². The quantitative estimate of drug-likeness (QED) is 0.586. The maximum Gasteiger partial charge on any atom is 0.0574 e. The lowest BCUT2D eigenvalue weighted by Gasteiger charge is -2.05. The van der Waals surface area contributed by atoms with E-state index in [1.807, 2.05) is 0 Å². The van der Waals surface area contributed by atoms with Crippen LogP contribution in [0.25, 0.3) is 0 Å². The first-order chi connectivity index (χ1) is 5.31. The largest absolute Gasteiger partial charge is 0.393 e. The lowest BCUT2D eigenvalue weighted by molar-refractivity contribution is 0.164. The standard InChI is InChI=1S/C10H20O/c1-3-5-7-9-10(11)8-6-4-2/h5,7,10-11H,3-4,6,8-9H2,1-2H3. The van der Waals surface area contributed by atoms with Crippen LogP contribution in [0.5, 0.6) is 0 Å². The maximum atomic E-state index is 9.36. The number of allylic oxidation sites excluding steroid dienone is 1. The van der Waals surface area contributed by atoms with Crippen molar-refractivity contribution in [3.63, 3.8) is 0 Å². The summed E-state index contributed by atoms with van der Waals surface area (Å²) < 4.78 is 0. The van der Waals surface area contributed by atoms with Gasteiger partial charge >= 0.3 is 0 Å². The number of hydrogen-bond acceptors (Lipinski definition) is 1. The van der Waals surface area contributed by atoms with E-state index in [1.54, 1.807) is 0 Å². The van der Waals surface area contributed by atoms with Gasteiger partial charge < -0.3 is 5.11 Å². The highest BCUT2D eigenvalue weighted by Gasteiger charge is 1.98. The third-order valence-corrected chi connectivity index (χ3v) is 1.70. The van der Waals surface area contributed by atoms with Crippen molar-refractivity contribution in [1.82, 2.24) is 0 Å². The number of rotatable bonds is 6. The first-order valence-corrected chi connectivity index (χ1v) is 4.64. The monoisotopic (exact) mass is 156 g/mol. The molecule has 0 aliphatic heterocycles. The van der Waals surface area contributed by atoms with Gasteiger partial charge in [-0.05, 0) is 19.3 Å². The maximum absolute atomic E-state index is 9.36. The molecule has 0 spiro atoms. The van der Waals surface area contributed by atoms with E-state index in [1.165, 1.54) is 6.42 Å². The summed E-state index contributed by atoms with van der Waals surface area (Å²) in [6.45, 7) is 4.25. The van der Waals surface area contributed by atoms with Crippen molar-refractivity contribution in [2.24, 2.45) is 0 Å². The van der Waals surface area contributed by atoms with Crippen LogP contribution in [0, 0.1) is 0 Å². The zero-order chi connectivity index (χ0) is 8.53. The van der Waals surface area contributed by atoms with Gasteiger partial charge in [-0.15, -0.1) is 0 Å². The predicted octanol–water partition coefficient (Wildman–Crippen LogP) is 2.89. The molecular formula is C10H20O. The molecule has 0 fully saturated rings. The minimum Gasteiger partial charge on any atom is -0.393 e. The second-order valence-corrected chi connectivity index (χ2v) is 2.91. The Labute approximate surface area is 70.1 Å². The normalized spacial score (nSPS) is 14.1. The molecule has 0 heterocycles. The second kappa shape index (κ2) is 7.80. The summed E-state index contributed by atoms with van der Waals surface area (Å²) in [6.07, 6.45) is 9.22. The fourth-order valence-corrected chi connectivity index (χ4v) is 0.978. The Kier molecular flexibility index (Phi) is 7.59. The fourth-order valence-electron chi connectivity index (χ4n) is 0.978. The van der Waals surface area contributed by atoms with Gasteiger partial charge in [0.1, 0.15) is 0 Å². The van der Waals surface area contributed by atoms with Gasteiger partial charge in [-0.3, -0.25) is 0 Å². The lowest BCUT2D eigenvalue weighted by Crippen LogP contribution is -2.03. The van der Waals surface area contributed by atoms with Crippen LogP contribution < -0.4 is 0 Å². The number of unbranched alkanes of at least 4 members (excludes halogenated alkanes) is 1. The van der Waals surface area contributed by atoms with E-state index in [0.717, 1.165) is 25.7 Å². The lowest BCUT2D eigenvalue weighted by atomic mass is 10.1. The van der Waals surface area contributed by atoms with E-state index in [2.05, 4.69) is 26.0 Å². The Morgan fingerprint density at radius 2 is 2.00 bits per heavy atom. The van der Waals surface area contributed by atoms with Gasteiger partial charge in [0.25, 0.3) is 0 Å². The van der Waals surface area contributed by atoms with Crippen LogP contribution in [-0.2, 0) is 0 Å². The molecule has 0 aromatic carbocycles. The molecular weight excluding hydrogens is 136 g/mol. The van der Waals surface area contributed by atoms with Crippen LogP contribution in [0.4, 0.5) is 0 Å². The number of hydrogen-bond donors (Lipinski definition) is 1. The van der Waals surface area contributed by atoms with Crippen LogP contribution >= 0.6 is 0 Å². The van der Waals surface area contributed by atoms with Gasteiger partial charge in [0.15, 0.2) is 0 Å². The van der Waals surface area contributed by atoms with Crippen molar-refractivity contribution in [2.75, 3.05) is 0 Å². The van der Waals surface area contributed by atoms with Crippen LogP contribution in [-0.4, -0.2) is 11.2 Å². The molecule has 0 saturated heterocycles. The van der Waals surface area contributed by atoms with Crippen molar-refractivity contribution in [3.05, 3.63) is 12.2 Å². The molecule has 0 aromatic heterocycles. The smallest absolute Gasteiger partial charge is 0.0574 e. The minimum atomic E-state index is -0.113. The van der Waals surface area contributed by atoms with Gasteiger partial charge in [-0.1, -0.05) is 38.8 Å². The first kappa shape index (κ1) is 10.7. The molecule has 1 heteroatoms. The molecule has 11 heavy (non-hydrogen) atoms. The molecule has 0 amide bonds. The first-order valence-electron chi connectivity index (χ1n) is 4.64. The van der Waals surface area contributed by atoms with Crippen LogP contribution in [0.1, 0.15) is 46.0 Å². The highest BCUT2D eigenvalue weighted by Crippen LogP contribution is 2.04. The van der Waals surface area contributed by atoms with Crippen LogP contribution in [0.3, 0.4) is 0 Å². The average Bonchev–Trinajstić information content (AvgIpc) is 2.01. The molecule has 0 aliphatic carbocycles. The van der Waals surface area contributed by atoms with Crippen LogP contribution in [0.2, 0.25) is 0 Å². The van der Waals surface area contributed by atoms with E-state index in [0.29, 0.717) is 0 Å². The van der Waals surface area contributed by atoms with Gasteiger partial charge in [0.05, 0.1) is 6.10 Å². The summed E-state index contributed by atoms with van der Waals surface area (Å²) in [7, 11) is 0. The molecule has 66 valence electrons. The molecule has 0 radical (unpaired) electrons. The fraction of sp³-hybridized carbons (Fsp3) is 0.800. The van der Waals surface area contributed by atoms with Crippen molar-refractivity contribution in [1.29, 1.82) is 0 Å². The van der Waals surface area contributed by atoms with Crippen molar-refractivity contribution in [3.8, 4) is 0 Å². The molecule has 1 atom stereocenters. The van der Waals surface area contributed by atoms with E-state index in [-0.39, 0.29) is 6.10 Å². The summed E-state index contributed by atoms with van der Waals surface area (Å²) in [6, 6.07) is 0. The van der Waals surface area contributed by atoms with Crippen LogP contribution in [0.15, 0.2) is 12.2 Å². The van der Waals surface area contributed by atoms with Gasteiger partial charge in [-0.25, -0.2) is 0 Å². The average molecular weight is 156 g/mol. The minimum absolute atomic E-state index is 0.113. The molecule has 1 unspecified atom stereocenters. The van der Waals surface area contributed by atoms with E-state index >= 15 is 0 Å². The highest BCUT2D eigenvalue weighted by molar-refractivity contribution is 4.82. The molecule has 0 aliphatic rings. The third-order valence-electron chi connectivity index (χ3n) is 1.70. The molecule has 1 N–H and O–H groups in total. The summed E-state index contributed by atoms with van der Waals surface area (Å²) in [4.78, 5) is 0. The molecule has 0 bridgehead atoms. The zero-order valence-corrected chi connectivity index (χ0v) is 7.71. The highest BCUT2D eigenvalue weighted by atomic mass is 16.3. The topological polar surface area (TPSA) is 20.2 Å². The van der Waals surface area contributed by atoms with Crippen molar-refractivity contribution < 1.29 is 5.11 Å². The van der Waals surface area contributed by atoms with Gasteiger partial charge in [0.2, 0.25) is 0 Å². The molecule has 1 nitrogen and oxygen atoms in total. The third kappa shape index (κ3) is 7.60. The Morgan fingerprint density at radius 3 is 2.55 bits per heavy atom. The number of aliphatic hydroxyl groups excluding tert-OH is 1. The Morgan fingerprint density at radius 1 is 1.27 bits per heavy atom. The molecule has 0 aromatic rings. The van der Waals surface area contributed by atoms with Crippen molar-refractivity contribution >= 4 is 0 Å². The Bertz CT molecular complexity index is 97.0. The summed E-state index contributed by atoms with van der Waals surface area (Å²) >= 11 is 0. The van der Waals surface area contributed by atoms with Crippen molar-refractivity contribution in [2.45, 2.75) is 52.1 Å². The second-order valence-electron chi connectivity index (χ2n) is 2.91. The SMILES string of the molecule is CCC=CCC(O)CCCC. The van der Waals surface area contributed by atoms with E-state index in [4.69, 9.17) is 0 Å². The molecule has 0 rings (SSSR count). The van der Waals surface area contributed by atoms with E-state index < -0.39 is 0 Å². The van der Waals surface area contributed by atoms with Gasteiger partial charge in [-0.2, -0.15) is 0 Å². The Hall–Kier alpha value is -0.300. The zero-order valence-electron chi connectivity index (χ0n) is 7.71. The predicted molar refractivity (Wildman–Crippen MR) is 49.6 cm³/mol. The van der Waals surface area contributed by atoms with E-state index in [9.17, 15) is 5.11 Å². The summed E-state index contributed by atoms with van der Waals surface area (Å²) in [5, 5.41) is 9.36. The summed E-state index contributed by atoms with van der Waals surface area (Å²) in [5.41, 5.74) is 0. The molecule has 0 saturated carbocycles.